The quantitative estimate of drug-likeness (QED) is 0.0714. The van der Waals surface area contributed by atoms with Crippen LogP contribution in [0.4, 0.5) is 22.0 Å². The summed E-state index contributed by atoms with van der Waals surface area (Å²) >= 11 is -0.465. The van der Waals surface area contributed by atoms with E-state index in [0.29, 0.717) is 11.2 Å². The van der Waals surface area contributed by atoms with E-state index in [9.17, 15) is 44.5 Å². The Morgan fingerprint density at radius 2 is 0.974 bits per heavy atom. The molecule has 2 heterocycles. The first-order valence-corrected chi connectivity index (χ1v) is 13.6. The molecule has 0 aliphatic carbocycles. The molecular weight excluding hydrogens is 654 g/mol. The highest BCUT2D eigenvalue weighted by Crippen LogP contribution is 2.26. The molecule has 0 atom stereocenters. The molecule has 7 nitrogen and oxygen atoms in total. The molecule has 2 aromatic heterocycles. The van der Waals surface area contributed by atoms with Crippen LogP contribution >= 0.6 is 0 Å². The van der Waals surface area contributed by atoms with Crippen molar-refractivity contribution in [3.05, 3.63) is 118 Å². The second kappa shape index (κ2) is 10.6. The van der Waals surface area contributed by atoms with Crippen molar-refractivity contribution in [1.29, 1.82) is 0 Å². The molecule has 0 radical (unpaired) electrons. The van der Waals surface area contributed by atoms with Gasteiger partial charge < -0.3 is 13.4 Å². The Bertz CT molecular complexity index is 1820. The fourth-order valence-corrected chi connectivity index (χ4v) is 6.05. The van der Waals surface area contributed by atoms with Gasteiger partial charge in [-0.2, -0.15) is 0 Å². The monoisotopic (exact) mass is 664 g/mol. The Morgan fingerprint density at radius 1 is 0.605 bits per heavy atom. The molecule has 0 saturated heterocycles. The summed E-state index contributed by atoms with van der Waals surface area (Å²) in [6, 6.07) is 18.2. The maximum atomic E-state index is 12.6. The molecule has 0 aliphatic rings. The lowest BCUT2D eigenvalue weighted by Gasteiger charge is -2.10. The Hall–Kier alpha value is -3.63. The van der Waals surface area contributed by atoms with Crippen molar-refractivity contribution in [2.24, 2.45) is 0 Å². The molecule has 0 spiro atoms. The first-order chi connectivity index (χ1) is 17.8. The van der Waals surface area contributed by atoms with Crippen molar-refractivity contribution >= 4 is 32.1 Å². The molecule has 0 bridgehead atoms. The van der Waals surface area contributed by atoms with Crippen LogP contribution in [0.5, 0.6) is 0 Å². The molecule has 0 amide bonds. The van der Waals surface area contributed by atoms with Crippen LogP contribution in [0.25, 0.3) is 21.9 Å². The van der Waals surface area contributed by atoms with E-state index in [0.717, 1.165) is 17.9 Å². The van der Waals surface area contributed by atoms with Crippen molar-refractivity contribution in [3.8, 4) is 0 Å². The lowest BCUT2D eigenvalue weighted by molar-refractivity contribution is -0.597. The van der Waals surface area contributed by atoms with Gasteiger partial charge in [-0.25, -0.2) is 40.0 Å². The largest absolute Gasteiger partial charge is 0.744 e. The highest BCUT2D eigenvalue weighted by atomic mass is 127. The average molecular weight is 664 g/mol. The summed E-state index contributed by atoms with van der Waals surface area (Å²) in [6.45, 7) is 0. The molecular formula is C24H10F5IO7S. The maximum Gasteiger partial charge on any atom is 0.358 e. The van der Waals surface area contributed by atoms with Crippen LogP contribution in [-0.2, 0) is 10.1 Å². The molecule has 5 rings (SSSR count). The molecule has 14 heteroatoms. The summed E-state index contributed by atoms with van der Waals surface area (Å²) in [5, 5.41) is 1.81. The van der Waals surface area contributed by atoms with Gasteiger partial charge in [0.05, 0.1) is 0 Å². The summed E-state index contributed by atoms with van der Waals surface area (Å²) in [5.74, 6) is -12.8. The maximum absolute atomic E-state index is 12.6. The molecule has 3 aromatic carbocycles. The van der Waals surface area contributed by atoms with Gasteiger partial charge in [0.1, 0.15) is 26.2 Å². The summed E-state index contributed by atoms with van der Waals surface area (Å²) in [5.41, 5.74) is 0.504. The third kappa shape index (κ3) is 5.76. The normalized spacial score (nSPS) is 11.4. The fraction of sp³-hybridized carbons (Fsp3) is 0. The highest BCUT2D eigenvalue weighted by molar-refractivity contribution is 7.85. The Kier molecular flexibility index (Phi) is 7.66. The third-order valence-electron chi connectivity index (χ3n) is 4.81. The van der Waals surface area contributed by atoms with Crippen LogP contribution < -0.4 is 32.5 Å². The molecule has 196 valence electrons. The van der Waals surface area contributed by atoms with Gasteiger partial charge in [0.2, 0.25) is 5.82 Å². The summed E-state index contributed by atoms with van der Waals surface area (Å²) in [4.78, 5) is 20.3. The zero-order valence-corrected chi connectivity index (χ0v) is 21.3. The van der Waals surface area contributed by atoms with Crippen molar-refractivity contribution in [2.75, 3.05) is 0 Å². The van der Waals surface area contributed by atoms with E-state index in [4.69, 9.17) is 8.83 Å². The first kappa shape index (κ1) is 27.4. The van der Waals surface area contributed by atoms with E-state index in [1.807, 2.05) is 36.4 Å². The van der Waals surface area contributed by atoms with Crippen LogP contribution in [0, 0.1) is 36.2 Å². The number of fused-ring (bicyclic) bond motifs is 2. The minimum atomic E-state index is -5.77. The minimum absolute atomic E-state index is 0.347. The number of hydrogen-bond acceptors (Lipinski definition) is 7. The van der Waals surface area contributed by atoms with Gasteiger partial charge in [0.15, 0.2) is 30.4 Å². The Morgan fingerprint density at radius 3 is 1.37 bits per heavy atom. The molecule has 38 heavy (non-hydrogen) atoms. The predicted molar refractivity (Wildman–Crippen MR) is 117 cm³/mol. The number of hydrogen-bond donors (Lipinski definition) is 0. The SMILES string of the molecule is O=S(=O)([O-])c1c(F)c(F)c(F)c(F)c1F.O=c1ccc2ccc([I+]c3ccc4ccc(=O)oc4c3)cc2o1. The Labute approximate surface area is 219 Å². The zero-order valence-electron chi connectivity index (χ0n) is 18.3. The van der Waals surface area contributed by atoms with Crippen molar-refractivity contribution in [3.63, 3.8) is 0 Å². The molecule has 5 aromatic rings. The van der Waals surface area contributed by atoms with Gasteiger partial charge in [0, 0.05) is 35.0 Å². The van der Waals surface area contributed by atoms with Gasteiger partial charge in [-0.3, -0.25) is 0 Å². The molecule has 0 N–H and O–H groups in total. The van der Waals surface area contributed by atoms with Crippen molar-refractivity contribution in [1.82, 2.24) is 0 Å². The third-order valence-corrected chi connectivity index (χ3v) is 8.25. The molecule has 0 aliphatic heterocycles. The highest BCUT2D eigenvalue weighted by Gasteiger charge is 2.29. The second-order valence-electron chi connectivity index (χ2n) is 7.32. The summed E-state index contributed by atoms with van der Waals surface area (Å²) in [6.07, 6.45) is 0. The summed E-state index contributed by atoms with van der Waals surface area (Å²) in [7, 11) is -5.77. The lowest BCUT2D eigenvalue weighted by Crippen LogP contribution is -3.61. The van der Waals surface area contributed by atoms with E-state index in [2.05, 4.69) is 0 Å². The van der Waals surface area contributed by atoms with Crippen molar-refractivity contribution < 1.29 is 65.0 Å². The van der Waals surface area contributed by atoms with Gasteiger partial charge >= 0.3 is 32.5 Å². The standard InChI is InChI=1S/C18H10IO4.C6HF5O3S/c20-17-7-3-11-1-5-13(9-15(11)22-17)19-14-6-2-12-4-8-18(21)23-16(12)10-14;7-1-2(8)4(10)6(15(12,13)14)5(11)3(1)9/h1-10H;(H,12,13,14)/q+1;/p-1. The van der Waals surface area contributed by atoms with E-state index < -0.39 is 65.3 Å². The number of halogens is 6. The van der Waals surface area contributed by atoms with Crippen LogP contribution in [0.3, 0.4) is 0 Å². The number of benzene rings is 3. The first-order valence-electron chi connectivity index (χ1n) is 10.0. The van der Waals surface area contributed by atoms with Gasteiger partial charge in [0.25, 0.3) is 0 Å². The lowest BCUT2D eigenvalue weighted by atomic mass is 10.2. The van der Waals surface area contributed by atoms with Crippen LogP contribution in [0.1, 0.15) is 0 Å². The van der Waals surface area contributed by atoms with Crippen molar-refractivity contribution in [2.45, 2.75) is 4.90 Å². The van der Waals surface area contributed by atoms with Gasteiger partial charge in [-0.15, -0.1) is 0 Å². The van der Waals surface area contributed by atoms with Crippen LogP contribution in [-0.4, -0.2) is 13.0 Å². The van der Waals surface area contributed by atoms with E-state index in [1.54, 1.807) is 12.1 Å². The van der Waals surface area contributed by atoms with Gasteiger partial charge in [-0.1, -0.05) is 0 Å². The fourth-order valence-electron chi connectivity index (χ4n) is 3.12. The van der Waals surface area contributed by atoms with Gasteiger partial charge in [-0.05, 0) is 36.4 Å². The Balaban J connectivity index is 0.000000196. The van der Waals surface area contributed by atoms with E-state index in [-0.39, 0.29) is 11.3 Å². The molecule has 0 unspecified atom stereocenters. The van der Waals surface area contributed by atoms with Crippen LogP contribution in [0.15, 0.2) is 84.0 Å². The van der Waals surface area contributed by atoms with E-state index in [1.165, 1.54) is 12.1 Å². The molecule has 0 saturated carbocycles. The second-order valence-corrected chi connectivity index (χ2v) is 11.7. The van der Waals surface area contributed by atoms with E-state index >= 15 is 0 Å². The smallest absolute Gasteiger partial charge is 0.358 e. The predicted octanol–water partition coefficient (Wildman–Crippen LogP) is 1.31. The molecule has 0 fully saturated rings. The number of rotatable bonds is 3. The topological polar surface area (TPSA) is 118 Å². The zero-order chi connectivity index (χ0) is 27.8. The average Bonchev–Trinajstić information content (AvgIpc) is 2.85. The summed E-state index contributed by atoms with van der Waals surface area (Å²) < 4.78 is 106. The van der Waals surface area contributed by atoms with Crippen LogP contribution in [0.2, 0.25) is 0 Å². The minimum Gasteiger partial charge on any atom is -0.744 e.